The Balaban J connectivity index is 1.70. The number of sulfone groups is 1. The minimum atomic E-state index is -3.13. The van der Waals surface area contributed by atoms with Gasteiger partial charge in [0, 0.05) is 18.3 Å². The normalized spacial score (nSPS) is 17.7. The lowest BCUT2D eigenvalue weighted by Crippen LogP contribution is -2.43. The van der Waals surface area contributed by atoms with Gasteiger partial charge in [0.2, 0.25) is 5.91 Å². The highest BCUT2D eigenvalue weighted by atomic mass is 32.2. The Labute approximate surface area is 164 Å². The van der Waals surface area contributed by atoms with E-state index < -0.39 is 15.9 Å². The van der Waals surface area contributed by atoms with E-state index in [4.69, 9.17) is 4.74 Å². The lowest BCUT2D eigenvalue weighted by atomic mass is 10.2. The molecule has 1 aliphatic rings. The molecule has 1 aliphatic heterocycles. The first kappa shape index (κ1) is 19.9. The zero-order chi connectivity index (χ0) is 20.1. The van der Waals surface area contributed by atoms with E-state index in [1.807, 2.05) is 6.07 Å². The Morgan fingerprint density at radius 3 is 2.36 bits per heavy atom. The van der Waals surface area contributed by atoms with Crippen LogP contribution in [-0.2, 0) is 19.4 Å². The summed E-state index contributed by atoms with van der Waals surface area (Å²) >= 11 is 0. The van der Waals surface area contributed by atoms with E-state index in [0.29, 0.717) is 23.5 Å². The number of hydrogen-bond acceptors (Lipinski definition) is 5. The summed E-state index contributed by atoms with van der Waals surface area (Å²) in [5.74, 6) is 0.0429. The van der Waals surface area contributed by atoms with Crippen molar-refractivity contribution in [3.8, 4) is 5.75 Å². The van der Waals surface area contributed by atoms with Gasteiger partial charge in [-0.1, -0.05) is 18.2 Å². The van der Waals surface area contributed by atoms with Crippen LogP contribution >= 0.6 is 0 Å². The predicted octanol–water partition coefficient (Wildman–Crippen LogP) is 2.24. The van der Waals surface area contributed by atoms with Crippen molar-refractivity contribution in [3.63, 3.8) is 0 Å². The van der Waals surface area contributed by atoms with Gasteiger partial charge in [-0.05, 0) is 42.8 Å². The van der Waals surface area contributed by atoms with Crippen LogP contribution in [0.5, 0.6) is 5.75 Å². The van der Waals surface area contributed by atoms with Crippen molar-refractivity contribution in [2.45, 2.75) is 19.4 Å². The molecule has 3 rings (SSSR count). The van der Waals surface area contributed by atoms with Gasteiger partial charge in [-0.2, -0.15) is 0 Å². The number of hydrogen-bond donors (Lipinski definition) is 1. The summed E-state index contributed by atoms with van der Waals surface area (Å²) in [5.41, 5.74) is 1.28. The quantitative estimate of drug-likeness (QED) is 0.800. The second-order valence-electron chi connectivity index (χ2n) is 6.65. The van der Waals surface area contributed by atoms with Crippen LogP contribution in [0.25, 0.3) is 0 Å². The van der Waals surface area contributed by atoms with Gasteiger partial charge in [0.05, 0.1) is 17.5 Å². The molecule has 0 bridgehead atoms. The predicted molar refractivity (Wildman–Crippen MR) is 107 cm³/mol. The fourth-order valence-electron chi connectivity index (χ4n) is 3.18. The standard InChI is InChI=1S/C20H22N2O5S/c1-15(23)21-16-7-9-19(10-8-16)27-13-20(24)22(17-5-3-2-4-6-17)18-11-12-28(25,26)14-18/h2-10,18H,11-14H2,1H3,(H,21,23)/t18-/m0/s1. The Morgan fingerprint density at radius 1 is 1.11 bits per heavy atom. The fraction of sp³-hybridized carbons (Fsp3) is 0.300. The van der Waals surface area contributed by atoms with Crippen LogP contribution in [-0.4, -0.2) is 44.4 Å². The number of para-hydroxylation sites is 1. The monoisotopic (exact) mass is 402 g/mol. The number of nitrogens with zero attached hydrogens (tertiary/aromatic N) is 1. The van der Waals surface area contributed by atoms with Gasteiger partial charge in [0.1, 0.15) is 5.75 Å². The first-order valence-electron chi connectivity index (χ1n) is 8.92. The molecule has 2 aromatic rings. The third kappa shape index (κ3) is 5.10. The molecule has 0 unspecified atom stereocenters. The van der Waals surface area contributed by atoms with Crippen molar-refractivity contribution in [1.82, 2.24) is 0 Å². The minimum Gasteiger partial charge on any atom is -0.484 e. The largest absolute Gasteiger partial charge is 0.484 e. The van der Waals surface area contributed by atoms with Crippen LogP contribution in [0, 0.1) is 0 Å². The van der Waals surface area contributed by atoms with Crippen LogP contribution < -0.4 is 15.0 Å². The number of rotatable bonds is 6. The molecule has 1 atom stereocenters. The molecule has 28 heavy (non-hydrogen) atoms. The van der Waals surface area contributed by atoms with Crippen LogP contribution in [0.1, 0.15) is 13.3 Å². The van der Waals surface area contributed by atoms with Crippen molar-refractivity contribution in [3.05, 3.63) is 54.6 Å². The Kier molecular flexibility index (Phi) is 5.99. The average Bonchev–Trinajstić information content (AvgIpc) is 3.01. The molecule has 0 saturated carbocycles. The SMILES string of the molecule is CC(=O)Nc1ccc(OCC(=O)N(c2ccccc2)[C@H]2CCS(=O)(=O)C2)cc1. The topological polar surface area (TPSA) is 92.8 Å². The number of carbonyl (C=O) groups is 2. The summed E-state index contributed by atoms with van der Waals surface area (Å²) in [5, 5.41) is 2.65. The van der Waals surface area contributed by atoms with Crippen LogP contribution in [0.3, 0.4) is 0 Å². The zero-order valence-corrected chi connectivity index (χ0v) is 16.3. The Bertz CT molecular complexity index is 942. The number of nitrogens with one attached hydrogen (secondary N) is 1. The number of ether oxygens (including phenoxy) is 1. The van der Waals surface area contributed by atoms with Crippen molar-refractivity contribution < 1.29 is 22.7 Å². The molecule has 0 aliphatic carbocycles. The van der Waals surface area contributed by atoms with Crippen molar-refractivity contribution >= 4 is 33.0 Å². The van der Waals surface area contributed by atoms with E-state index in [-0.39, 0.29) is 29.9 Å². The second kappa shape index (κ2) is 8.43. The molecule has 1 heterocycles. The number of benzene rings is 2. The molecule has 7 nitrogen and oxygen atoms in total. The molecule has 1 fully saturated rings. The van der Waals surface area contributed by atoms with E-state index in [9.17, 15) is 18.0 Å². The number of anilines is 2. The zero-order valence-electron chi connectivity index (χ0n) is 15.5. The highest BCUT2D eigenvalue weighted by Gasteiger charge is 2.35. The smallest absolute Gasteiger partial charge is 0.265 e. The summed E-state index contributed by atoms with van der Waals surface area (Å²) in [7, 11) is -3.13. The average molecular weight is 402 g/mol. The summed E-state index contributed by atoms with van der Waals surface area (Å²) in [6.45, 7) is 1.20. The lowest BCUT2D eigenvalue weighted by molar-refractivity contribution is -0.121. The molecular formula is C20H22N2O5S. The summed E-state index contributed by atoms with van der Waals surface area (Å²) in [4.78, 5) is 25.5. The summed E-state index contributed by atoms with van der Waals surface area (Å²) in [6.07, 6.45) is 0.411. The molecule has 1 N–H and O–H groups in total. The van der Waals surface area contributed by atoms with E-state index in [1.54, 1.807) is 48.5 Å². The van der Waals surface area contributed by atoms with Gasteiger partial charge in [-0.15, -0.1) is 0 Å². The summed E-state index contributed by atoms with van der Waals surface area (Å²) < 4.78 is 29.4. The maximum atomic E-state index is 12.9. The van der Waals surface area contributed by atoms with Crippen LogP contribution in [0.4, 0.5) is 11.4 Å². The maximum Gasteiger partial charge on any atom is 0.265 e. The van der Waals surface area contributed by atoms with Gasteiger partial charge in [0.25, 0.3) is 5.91 Å². The van der Waals surface area contributed by atoms with Crippen molar-refractivity contribution in [1.29, 1.82) is 0 Å². The first-order valence-corrected chi connectivity index (χ1v) is 10.7. The molecule has 0 aromatic heterocycles. The first-order chi connectivity index (χ1) is 13.3. The van der Waals surface area contributed by atoms with Gasteiger partial charge < -0.3 is 15.0 Å². The third-order valence-corrected chi connectivity index (χ3v) is 6.16. The molecule has 0 spiro atoms. The van der Waals surface area contributed by atoms with Crippen LogP contribution in [0.2, 0.25) is 0 Å². The highest BCUT2D eigenvalue weighted by Crippen LogP contribution is 2.25. The molecule has 2 aromatic carbocycles. The number of carbonyl (C=O) groups excluding carboxylic acids is 2. The molecule has 0 radical (unpaired) electrons. The third-order valence-electron chi connectivity index (χ3n) is 4.41. The molecule has 148 valence electrons. The van der Waals surface area contributed by atoms with Crippen molar-refractivity contribution in [2.75, 3.05) is 28.3 Å². The fourth-order valence-corrected chi connectivity index (χ4v) is 4.88. The van der Waals surface area contributed by atoms with E-state index in [2.05, 4.69) is 5.32 Å². The van der Waals surface area contributed by atoms with Crippen molar-refractivity contribution in [2.24, 2.45) is 0 Å². The molecule has 1 saturated heterocycles. The highest BCUT2D eigenvalue weighted by molar-refractivity contribution is 7.91. The summed E-state index contributed by atoms with van der Waals surface area (Å²) in [6, 6.07) is 15.3. The van der Waals surface area contributed by atoms with Gasteiger partial charge >= 0.3 is 0 Å². The Morgan fingerprint density at radius 2 is 1.79 bits per heavy atom. The maximum absolute atomic E-state index is 12.9. The Hall–Kier alpha value is -2.87. The number of amides is 2. The van der Waals surface area contributed by atoms with Crippen LogP contribution in [0.15, 0.2) is 54.6 Å². The van der Waals surface area contributed by atoms with Gasteiger partial charge in [0.15, 0.2) is 16.4 Å². The van der Waals surface area contributed by atoms with E-state index in [0.717, 1.165) is 0 Å². The molecular weight excluding hydrogens is 380 g/mol. The lowest BCUT2D eigenvalue weighted by Gasteiger charge is -2.28. The second-order valence-corrected chi connectivity index (χ2v) is 8.88. The van der Waals surface area contributed by atoms with Gasteiger partial charge in [-0.25, -0.2) is 8.42 Å². The molecule has 2 amide bonds. The minimum absolute atomic E-state index is 0.0426. The van der Waals surface area contributed by atoms with E-state index >= 15 is 0 Å². The molecule has 8 heteroatoms. The van der Waals surface area contributed by atoms with E-state index in [1.165, 1.54) is 11.8 Å². The van der Waals surface area contributed by atoms with Gasteiger partial charge in [-0.3, -0.25) is 9.59 Å².